The number of hydrazine groups is 1. The maximum absolute atomic E-state index is 5.18. The Labute approximate surface area is 60.9 Å². The molecule has 1 rings (SSSR count). The standard InChI is InChI=1S/C6H14N4/c7-10-6-8-4-2-1-3-5-9-6/h1-5,7H2,(H2,8,9,10). The number of hydrogen-bond donors (Lipinski definition) is 3. The van der Waals surface area contributed by atoms with Crippen molar-refractivity contribution in [2.45, 2.75) is 19.3 Å². The Morgan fingerprint density at radius 2 is 2.30 bits per heavy atom. The highest BCUT2D eigenvalue weighted by atomic mass is 15.3. The van der Waals surface area contributed by atoms with Crippen molar-refractivity contribution in [1.29, 1.82) is 0 Å². The molecule has 0 aliphatic carbocycles. The van der Waals surface area contributed by atoms with E-state index in [2.05, 4.69) is 15.7 Å². The second kappa shape index (κ2) is 4.11. The van der Waals surface area contributed by atoms with E-state index in [1.165, 1.54) is 19.3 Å². The van der Waals surface area contributed by atoms with Gasteiger partial charge in [-0.2, -0.15) is 0 Å². The van der Waals surface area contributed by atoms with Gasteiger partial charge in [0.25, 0.3) is 0 Å². The predicted molar refractivity (Wildman–Crippen MR) is 41.5 cm³/mol. The first kappa shape index (κ1) is 7.34. The van der Waals surface area contributed by atoms with Crippen LogP contribution in [-0.4, -0.2) is 19.0 Å². The zero-order valence-electron chi connectivity index (χ0n) is 6.06. The lowest BCUT2D eigenvalue weighted by Crippen LogP contribution is -2.42. The molecular formula is C6H14N4. The normalized spacial score (nSPS) is 19.9. The van der Waals surface area contributed by atoms with Gasteiger partial charge in [0.05, 0.1) is 0 Å². The topological polar surface area (TPSA) is 62.4 Å². The van der Waals surface area contributed by atoms with Gasteiger partial charge in [-0.05, 0) is 19.3 Å². The summed E-state index contributed by atoms with van der Waals surface area (Å²) in [6, 6.07) is 0. The first-order valence-corrected chi connectivity index (χ1v) is 3.68. The Bertz CT molecular complexity index is 121. The van der Waals surface area contributed by atoms with Crippen LogP contribution in [0, 0.1) is 0 Å². The van der Waals surface area contributed by atoms with Crippen molar-refractivity contribution in [3.05, 3.63) is 0 Å². The highest BCUT2D eigenvalue weighted by Crippen LogP contribution is 1.96. The van der Waals surface area contributed by atoms with E-state index in [1.54, 1.807) is 0 Å². The molecular weight excluding hydrogens is 128 g/mol. The molecule has 0 unspecified atom stereocenters. The first-order chi connectivity index (χ1) is 4.93. The van der Waals surface area contributed by atoms with Crippen LogP contribution in [0.15, 0.2) is 4.99 Å². The quantitative estimate of drug-likeness (QED) is 0.318. The van der Waals surface area contributed by atoms with Gasteiger partial charge < -0.3 is 5.32 Å². The van der Waals surface area contributed by atoms with Gasteiger partial charge in [-0.15, -0.1) is 0 Å². The molecule has 4 N–H and O–H groups in total. The van der Waals surface area contributed by atoms with Gasteiger partial charge in [-0.3, -0.25) is 10.4 Å². The monoisotopic (exact) mass is 142 g/mol. The molecule has 4 heteroatoms. The fourth-order valence-electron chi connectivity index (χ4n) is 0.964. The summed E-state index contributed by atoms with van der Waals surface area (Å²) in [7, 11) is 0. The summed E-state index contributed by atoms with van der Waals surface area (Å²) in [4.78, 5) is 4.17. The minimum atomic E-state index is 0.722. The van der Waals surface area contributed by atoms with Crippen LogP contribution in [0.1, 0.15) is 19.3 Å². The molecule has 0 saturated heterocycles. The van der Waals surface area contributed by atoms with E-state index >= 15 is 0 Å². The third-order valence-corrected chi connectivity index (χ3v) is 1.53. The minimum Gasteiger partial charge on any atom is -0.355 e. The molecule has 58 valence electrons. The lowest BCUT2D eigenvalue weighted by atomic mass is 10.2. The molecule has 0 aromatic carbocycles. The van der Waals surface area contributed by atoms with Gasteiger partial charge in [0, 0.05) is 13.1 Å². The summed E-state index contributed by atoms with van der Waals surface area (Å²) in [6.45, 7) is 1.86. The van der Waals surface area contributed by atoms with Crippen molar-refractivity contribution in [2.75, 3.05) is 13.1 Å². The lowest BCUT2D eigenvalue weighted by Gasteiger charge is -2.11. The van der Waals surface area contributed by atoms with Crippen molar-refractivity contribution in [3.8, 4) is 0 Å². The number of nitrogens with zero attached hydrogens (tertiary/aromatic N) is 1. The van der Waals surface area contributed by atoms with Crippen molar-refractivity contribution < 1.29 is 0 Å². The van der Waals surface area contributed by atoms with E-state index in [-0.39, 0.29) is 0 Å². The SMILES string of the molecule is NNC1=NCCCCCN1. The highest BCUT2D eigenvalue weighted by molar-refractivity contribution is 5.79. The van der Waals surface area contributed by atoms with E-state index in [4.69, 9.17) is 5.84 Å². The van der Waals surface area contributed by atoms with Crippen LogP contribution < -0.4 is 16.6 Å². The molecule has 0 saturated carbocycles. The zero-order valence-corrected chi connectivity index (χ0v) is 6.06. The fourth-order valence-corrected chi connectivity index (χ4v) is 0.964. The van der Waals surface area contributed by atoms with Gasteiger partial charge in [0.1, 0.15) is 0 Å². The van der Waals surface area contributed by atoms with Crippen LogP contribution in [0.4, 0.5) is 0 Å². The molecule has 10 heavy (non-hydrogen) atoms. The number of nitrogens with one attached hydrogen (secondary N) is 2. The summed E-state index contributed by atoms with van der Waals surface area (Å²) >= 11 is 0. The third-order valence-electron chi connectivity index (χ3n) is 1.53. The summed E-state index contributed by atoms with van der Waals surface area (Å²) in [5, 5.41) is 3.09. The summed E-state index contributed by atoms with van der Waals surface area (Å²) in [5.74, 6) is 5.90. The average Bonchev–Trinajstić information content (AvgIpc) is 1.87. The van der Waals surface area contributed by atoms with Gasteiger partial charge in [-0.25, -0.2) is 5.84 Å². The Hall–Kier alpha value is -0.770. The Kier molecular flexibility index (Phi) is 3.02. The molecule has 0 aromatic heterocycles. The van der Waals surface area contributed by atoms with E-state index in [0.717, 1.165) is 19.0 Å². The van der Waals surface area contributed by atoms with Gasteiger partial charge in [-0.1, -0.05) is 0 Å². The van der Waals surface area contributed by atoms with Crippen LogP contribution in [-0.2, 0) is 0 Å². The Morgan fingerprint density at radius 3 is 3.10 bits per heavy atom. The molecule has 0 aromatic rings. The molecule has 0 bridgehead atoms. The molecule has 0 spiro atoms. The average molecular weight is 142 g/mol. The molecule has 0 fully saturated rings. The van der Waals surface area contributed by atoms with Crippen molar-refractivity contribution in [3.63, 3.8) is 0 Å². The Morgan fingerprint density at radius 1 is 1.40 bits per heavy atom. The number of nitrogens with two attached hydrogens (primary N) is 1. The largest absolute Gasteiger partial charge is 0.355 e. The van der Waals surface area contributed by atoms with Crippen LogP contribution in [0.5, 0.6) is 0 Å². The van der Waals surface area contributed by atoms with Crippen LogP contribution >= 0.6 is 0 Å². The molecule has 0 amide bonds. The summed E-state index contributed by atoms with van der Waals surface area (Å²) in [5.41, 5.74) is 2.51. The maximum Gasteiger partial charge on any atom is 0.205 e. The fraction of sp³-hybridized carbons (Fsp3) is 0.833. The maximum atomic E-state index is 5.18. The Balaban J connectivity index is 2.35. The minimum absolute atomic E-state index is 0.722. The number of rotatable bonds is 0. The van der Waals surface area contributed by atoms with Crippen molar-refractivity contribution in [1.82, 2.24) is 10.7 Å². The molecule has 0 atom stereocenters. The molecule has 1 aliphatic rings. The number of hydrogen-bond acceptors (Lipinski definition) is 4. The van der Waals surface area contributed by atoms with E-state index in [0.29, 0.717) is 0 Å². The van der Waals surface area contributed by atoms with Gasteiger partial charge >= 0.3 is 0 Å². The first-order valence-electron chi connectivity index (χ1n) is 3.68. The van der Waals surface area contributed by atoms with Crippen molar-refractivity contribution >= 4 is 5.96 Å². The predicted octanol–water partition coefficient (Wildman–Crippen LogP) is -0.421. The van der Waals surface area contributed by atoms with Crippen LogP contribution in [0.3, 0.4) is 0 Å². The molecule has 1 aliphatic heterocycles. The zero-order chi connectivity index (χ0) is 7.23. The molecule has 0 radical (unpaired) electrons. The smallest absolute Gasteiger partial charge is 0.205 e. The highest BCUT2D eigenvalue weighted by Gasteiger charge is 1.97. The molecule has 4 nitrogen and oxygen atoms in total. The van der Waals surface area contributed by atoms with Crippen LogP contribution in [0.2, 0.25) is 0 Å². The van der Waals surface area contributed by atoms with Crippen molar-refractivity contribution in [2.24, 2.45) is 10.8 Å². The summed E-state index contributed by atoms with van der Waals surface area (Å²) < 4.78 is 0. The lowest BCUT2D eigenvalue weighted by molar-refractivity contribution is 0.640. The van der Waals surface area contributed by atoms with Gasteiger partial charge in [0.2, 0.25) is 5.96 Å². The third kappa shape index (κ3) is 2.23. The summed E-state index contributed by atoms with van der Waals surface area (Å²) in [6.07, 6.45) is 3.64. The van der Waals surface area contributed by atoms with Crippen LogP contribution in [0.25, 0.3) is 0 Å². The van der Waals surface area contributed by atoms with Gasteiger partial charge in [0.15, 0.2) is 0 Å². The van der Waals surface area contributed by atoms with E-state index < -0.39 is 0 Å². The second-order valence-electron chi connectivity index (χ2n) is 2.36. The number of guanidine groups is 1. The number of aliphatic imine (C=N–C) groups is 1. The van der Waals surface area contributed by atoms with E-state index in [9.17, 15) is 0 Å². The van der Waals surface area contributed by atoms with E-state index in [1.807, 2.05) is 0 Å². The second-order valence-corrected chi connectivity index (χ2v) is 2.36. The molecule has 1 heterocycles.